The number of carbonyl (C=O) groups excluding carboxylic acids is 2. The van der Waals surface area contributed by atoms with E-state index in [0.29, 0.717) is 18.0 Å². The van der Waals surface area contributed by atoms with Crippen LogP contribution in [0.3, 0.4) is 0 Å². The number of rotatable bonds is 5. The lowest BCUT2D eigenvalue weighted by Gasteiger charge is -2.12. The van der Waals surface area contributed by atoms with Crippen molar-refractivity contribution in [1.82, 2.24) is 10.2 Å². The van der Waals surface area contributed by atoms with Crippen LogP contribution in [0, 0.1) is 0 Å². The molecule has 0 spiro atoms. The Labute approximate surface area is 134 Å². The van der Waals surface area contributed by atoms with Crippen molar-refractivity contribution in [3.63, 3.8) is 0 Å². The van der Waals surface area contributed by atoms with Crippen LogP contribution in [-0.4, -0.2) is 30.9 Å². The monoisotopic (exact) mass is 313 g/mol. The van der Waals surface area contributed by atoms with Crippen molar-refractivity contribution in [3.8, 4) is 0 Å². The third kappa shape index (κ3) is 5.35. The average molecular weight is 313 g/mol. The van der Waals surface area contributed by atoms with Crippen molar-refractivity contribution < 1.29 is 14.0 Å². The van der Waals surface area contributed by atoms with Crippen LogP contribution in [0.25, 0.3) is 6.08 Å². The highest BCUT2D eigenvalue weighted by Gasteiger charge is 2.04. The molecular weight excluding hydrogens is 294 g/mol. The van der Waals surface area contributed by atoms with Gasteiger partial charge < -0.3 is 20.0 Å². The molecule has 0 saturated heterocycles. The summed E-state index contributed by atoms with van der Waals surface area (Å²) in [5.74, 6) is 0.401. The van der Waals surface area contributed by atoms with Gasteiger partial charge in [0.1, 0.15) is 5.76 Å². The number of urea groups is 1. The maximum Gasteiger partial charge on any atom is 0.321 e. The van der Waals surface area contributed by atoms with Crippen molar-refractivity contribution in [2.24, 2.45) is 0 Å². The van der Waals surface area contributed by atoms with Crippen LogP contribution in [0.1, 0.15) is 11.3 Å². The number of furan rings is 1. The first-order valence-electron chi connectivity index (χ1n) is 7.11. The zero-order valence-electron chi connectivity index (χ0n) is 13.1. The van der Waals surface area contributed by atoms with Gasteiger partial charge in [-0.05, 0) is 35.9 Å². The van der Waals surface area contributed by atoms with Gasteiger partial charge in [-0.2, -0.15) is 0 Å². The minimum Gasteiger partial charge on any atom is -0.465 e. The van der Waals surface area contributed by atoms with Crippen LogP contribution in [0.5, 0.6) is 0 Å². The maximum atomic E-state index is 11.7. The molecule has 2 N–H and O–H groups in total. The highest BCUT2D eigenvalue weighted by molar-refractivity contribution is 5.91. The Morgan fingerprint density at radius 1 is 1.22 bits per heavy atom. The molecule has 0 radical (unpaired) electrons. The van der Waals surface area contributed by atoms with Crippen LogP contribution < -0.4 is 10.6 Å². The normalized spacial score (nSPS) is 10.5. The van der Waals surface area contributed by atoms with Crippen LogP contribution >= 0.6 is 0 Å². The third-order valence-corrected chi connectivity index (χ3v) is 2.99. The minimum atomic E-state index is -0.218. The number of nitrogens with one attached hydrogen (secondary N) is 2. The van der Waals surface area contributed by atoms with E-state index in [1.807, 2.05) is 18.2 Å². The molecule has 1 aromatic carbocycles. The van der Waals surface area contributed by atoms with Crippen molar-refractivity contribution in [3.05, 3.63) is 60.1 Å². The van der Waals surface area contributed by atoms with Crippen LogP contribution in [0.15, 0.2) is 53.2 Å². The summed E-state index contributed by atoms with van der Waals surface area (Å²) in [4.78, 5) is 24.8. The van der Waals surface area contributed by atoms with E-state index in [1.54, 1.807) is 44.6 Å². The van der Waals surface area contributed by atoms with Gasteiger partial charge in [0.05, 0.1) is 6.26 Å². The summed E-state index contributed by atoms with van der Waals surface area (Å²) in [6, 6.07) is 10.6. The SMILES string of the molecule is CN(C)C(=O)Nc1cccc(CNC(=O)/C=C/c2ccco2)c1. The largest absolute Gasteiger partial charge is 0.465 e. The molecule has 0 saturated carbocycles. The second kappa shape index (κ2) is 7.84. The second-order valence-corrected chi connectivity index (χ2v) is 5.09. The molecule has 0 fully saturated rings. The quantitative estimate of drug-likeness (QED) is 0.833. The maximum absolute atomic E-state index is 11.7. The molecule has 120 valence electrons. The molecule has 0 aliphatic carbocycles. The van der Waals surface area contributed by atoms with E-state index in [0.717, 1.165) is 5.56 Å². The van der Waals surface area contributed by atoms with Gasteiger partial charge in [-0.25, -0.2) is 4.79 Å². The minimum absolute atomic E-state index is 0.201. The molecule has 1 aromatic heterocycles. The second-order valence-electron chi connectivity index (χ2n) is 5.09. The smallest absolute Gasteiger partial charge is 0.321 e. The molecule has 2 aromatic rings. The van der Waals surface area contributed by atoms with Crippen LogP contribution in [-0.2, 0) is 11.3 Å². The summed E-state index contributed by atoms with van der Waals surface area (Å²) in [5, 5.41) is 5.54. The molecule has 6 heteroatoms. The first-order valence-corrected chi connectivity index (χ1v) is 7.11. The predicted molar refractivity (Wildman–Crippen MR) is 88.7 cm³/mol. The number of hydrogen-bond acceptors (Lipinski definition) is 3. The van der Waals surface area contributed by atoms with Gasteiger partial charge in [0, 0.05) is 32.4 Å². The molecule has 0 aliphatic heterocycles. The summed E-state index contributed by atoms with van der Waals surface area (Å²) in [5.41, 5.74) is 1.57. The highest BCUT2D eigenvalue weighted by atomic mass is 16.3. The Hall–Kier alpha value is -3.02. The molecule has 3 amide bonds. The van der Waals surface area contributed by atoms with Gasteiger partial charge in [0.15, 0.2) is 0 Å². The Balaban J connectivity index is 1.88. The number of amides is 3. The van der Waals surface area contributed by atoms with Gasteiger partial charge in [-0.1, -0.05) is 12.1 Å². The first kappa shape index (κ1) is 16.4. The fraction of sp³-hybridized carbons (Fsp3) is 0.176. The number of anilines is 1. The zero-order chi connectivity index (χ0) is 16.7. The summed E-state index contributed by atoms with van der Waals surface area (Å²) >= 11 is 0. The van der Waals surface area contributed by atoms with E-state index >= 15 is 0 Å². The highest BCUT2D eigenvalue weighted by Crippen LogP contribution is 2.11. The lowest BCUT2D eigenvalue weighted by Crippen LogP contribution is -2.27. The number of carbonyl (C=O) groups is 2. The van der Waals surface area contributed by atoms with Crippen molar-refractivity contribution in [2.45, 2.75) is 6.54 Å². The van der Waals surface area contributed by atoms with E-state index in [9.17, 15) is 9.59 Å². The van der Waals surface area contributed by atoms with E-state index in [-0.39, 0.29) is 11.9 Å². The van der Waals surface area contributed by atoms with Gasteiger partial charge >= 0.3 is 6.03 Å². The zero-order valence-corrected chi connectivity index (χ0v) is 13.1. The van der Waals surface area contributed by atoms with Crippen molar-refractivity contribution >= 4 is 23.7 Å². The van der Waals surface area contributed by atoms with Crippen molar-refractivity contribution in [1.29, 1.82) is 0 Å². The number of benzene rings is 1. The van der Waals surface area contributed by atoms with Gasteiger partial charge in [0.25, 0.3) is 0 Å². The molecule has 6 nitrogen and oxygen atoms in total. The van der Waals surface area contributed by atoms with E-state index in [2.05, 4.69) is 10.6 Å². The van der Waals surface area contributed by atoms with Gasteiger partial charge in [-0.3, -0.25) is 4.79 Å². The summed E-state index contributed by atoms with van der Waals surface area (Å²) < 4.78 is 5.11. The summed E-state index contributed by atoms with van der Waals surface area (Å²) in [7, 11) is 3.34. The Morgan fingerprint density at radius 3 is 2.74 bits per heavy atom. The summed E-state index contributed by atoms with van der Waals surface area (Å²) in [6.45, 7) is 0.368. The molecule has 1 heterocycles. The Bertz CT molecular complexity index is 691. The van der Waals surface area contributed by atoms with E-state index in [1.165, 1.54) is 11.0 Å². The fourth-order valence-corrected chi connectivity index (χ4v) is 1.79. The van der Waals surface area contributed by atoms with Crippen LogP contribution in [0.4, 0.5) is 10.5 Å². The Morgan fingerprint density at radius 2 is 2.04 bits per heavy atom. The molecule has 23 heavy (non-hydrogen) atoms. The standard InChI is InChI=1S/C17H19N3O3/c1-20(2)17(22)19-14-6-3-5-13(11-14)12-18-16(21)9-8-15-7-4-10-23-15/h3-11H,12H2,1-2H3,(H,18,21)(H,19,22)/b9-8+. The lowest BCUT2D eigenvalue weighted by molar-refractivity contribution is -0.116. The lowest BCUT2D eigenvalue weighted by atomic mass is 10.2. The van der Waals surface area contributed by atoms with Gasteiger partial charge in [-0.15, -0.1) is 0 Å². The van der Waals surface area contributed by atoms with Gasteiger partial charge in [0.2, 0.25) is 5.91 Å². The van der Waals surface area contributed by atoms with Crippen LogP contribution in [0.2, 0.25) is 0 Å². The summed E-state index contributed by atoms with van der Waals surface area (Å²) in [6.07, 6.45) is 4.56. The molecule has 0 aliphatic rings. The average Bonchev–Trinajstić information content (AvgIpc) is 3.04. The predicted octanol–water partition coefficient (Wildman–Crippen LogP) is 2.70. The molecular formula is C17H19N3O3. The third-order valence-electron chi connectivity index (χ3n) is 2.99. The van der Waals surface area contributed by atoms with E-state index in [4.69, 9.17) is 4.42 Å². The first-order chi connectivity index (χ1) is 11.0. The molecule has 0 atom stereocenters. The fourth-order valence-electron chi connectivity index (χ4n) is 1.79. The topological polar surface area (TPSA) is 74.6 Å². The number of hydrogen-bond donors (Lipinski definition) is 2. The Kier molecular flexibility index (Phi) is 5.57. The van der Waals surface area contributed by atoms with Crippen molar-refractivity contribution in [2.75, 3.05) is 19.4 Å². The molecule has 0 unspecified atom stereocenters. The molecule has 2 rings (SSSR count). The van der Waals surface area contributed by atoms with E-state index < -0.39 is 0 Å². The number of nitrogens with zero attached hydrogens (tertiary/aromatic N) is 1. The molecule has 0 bridgehead atoms.